The molecule has 142 valence electrons. The van der Waals surface area contributed by atoms with Gasteiger partial charge >= 0.3 is 0 Å². The van der Waals surface area contributed by atoms with Crippen molar-refractivity contribution in [3.8, 4) is 5.75 Å². The van der Waals surface area contributed by atoms with Crippen LogP contribution in [0.5, 0.6) is 5.75 Å². The molecule has 0 aliphatic rings. The third-order valence-corrected chi connectivity index (χ3v) is 6.16. The summed E-state index contributed by atoms with van der Waals surface area (Å²) >= 11 is 5.18. The summed E-state index contributed by atoms with van der Waals surface area (Å²) in [5.74, 6) is 0.748. The minimum absolute atomic E-state index is 0.0723. The lowest BCUT2D eigenvalue weighted by molar-refractivity contribution is 0.0942. The number of carbonyl (C=O) groups excluding carboxylic acids is 1. The fraction of sp³-hybridized carbons (Fsp3) is 0.136. The molecular weight excluding hydrogens is 436 g/mol. The van der Waals surface area contributed by atoms with Crippen LogP contribution in [0.4, 0.5) is 0 Å². The van der Waals surface area contributed by atoms with Crippen LogP contribution in [0.1, 0.15) is 21.6 Å². The average molecular weight is 455 g/mol. The molecule has 28 heavy (non-hydrogen) atoms. The predicted octanol–water partition coefficient (Wildman–Crippen LogP) is 5.45. The Morgan fingerprint density at radius 3 is 2.54 bits per heavy atom. The van der Waals surface area contributed by atoms with Crippen molar-refractivity contribution in [1.82, 2.24) is 9.88 Å². The molecule has 6 heteroatoms. The van der Waals surface area contributed by atoms with Gasteiger partial charge in [-0.2, -0.15) is 0 Å². The molecule has 0 radical (unpaired) electrons. The summed E-state index contributed by atoms with van der Waals surface area (Å²) < 4.78 is 9.45. The highest BCUT2D eigenvalue weighted by Crippen LogP contribution is 2.33. The summed E-state index contributed by atoms with van der Waals surface area (Å²) in [4.78, 5) is 12.9. The van der Waals surface area contributed by atoms with E-state index in [1.807, 2.05) is 60.7 Å². The molecule has 4 rings (SSSR count). The van der Waals surface area contributed by atoms with Crippen LogP contribution in [0.2, 0.25) is 0 Å². The maximum Gasteiger partial charge on any atom is 0.268 e. The second kappa shape index (κ2) is 8.20. The summed E-state index contributed by atoms with van der Waals surface area (Å²) in [6.45, 7) is 1.12. The van der Waals surface area contributed by atoms with E-state index in [2.05, 4.69) is 31.9 Å². The lowest BCUT2D eigenvalue weighted by atomic mass is 10.2. The normalized spacial score (nSPS) is 10.9. The van der Waals surface area contributed by atoms with E-state index in [0.717, 1.165) is 30.9 Å². The van der Waals surface area contributed by atoms with Gasteiger partial charge in [-0.3, -0.25) is 4.79 Å². The lowest BCUT2D eigenvalue weighted by Crippen LogP contribution is -2.25. The van der Waals surface area contributed by atoms with Gasteiger partial charge in [0, 0.05) is 13.1 Å². The number of fused-ring (bicyclic) bond motifs is 1. The number of benzene rings is 2. The van der Waals surface area contributed by atoms with Crippen LogP contribution in [0.25, 0.3) is 10.2 Å². The van der Waals surface area contributed by atoms with Gasteiger partial charge in [-0.15, -0.1) is 11.3 Å². The monoisotopic (exact) mass is 454 g/mol. The van der Waals surface area contributed by atoms with Gasteiger partial charge in [-0.25, -0.2) is 0 Å². The Morgan fingerprint density at radius 2 is 1.82 bits per heavy atom. The maximum absolute atomic E-state index is 12.9. The van der Waals surface area contributed by atoms with Crippen molar-refractivity contribution < 1.29 is 9.53 Å². The van der Waals surface area contributed by atoms with Crippen molar-refractivity contribution in [3.63, 3.8) is 0 Å². The van der Waals surface area contributed by atoms with E-state index in [4.69, 9.17) is 4.74 Å². The van der Waals surface area contributed by atoms with Crippen LogP contribution in [0.15, 0.2) is 70.5 Å². The molecule has 4 aromatic rings. The van der Waals surface area contributed by atoms with Gasteiger partial charge in [0.1, 0.15) is 11.4 Å². The van der Waals surface area contributed by atoms with E-state index in [-0.39, 0.29) is 5.91 Å². The Bertz CT molecular complexity index is 1100. The fourth-order valence-electron chi connectivity index (χ4n) is 3.15. The first kappa shape index (κ1) is 18.8. The molecule has 0 atom stereocenters. The first-order valence-corrected chi connectivity index (χ1v) is 10.5. The number of halogens is 1. The van der Waals surface area contributed by atoms with Crippen molar-refractivity contribution in [1.29, 1.82) is 0 Å². The third kappa shape index (κ3) is 3.98. The van der Waals surface area contributed by atoms with Crippen LogP contribution in [-0.2, 0) is 13.1 Å². The van der Waals surface area contributed by atoms with Crippen LogP contribution >= 0.6 is 27.3 Å². The number of carbonyl (C=O) groups is 1. The number of ether oxygens (including phenoxy) is 1. The zero-order valence-corrected chi connectivity index (χ0v) is 17.7. The van der Waals surface area contributed by atoms with Gasteiger partial charge in [-0.1, -0.05) is 42.5 Å². The quantitative estimate of drug-likeness (QED) is 0.420. The number of nitrogens with zero attached hydrogens (tertiary/aromatic N) is 1. The molecule has 0 aliphatic carbocycles. The van der Waals surface area contributed by atoms with Crippen molar-refractivity contribution in [2.24, 2.45) is 0 Å². The molecule has 4 nitrogen and oxygen atoms in total. The van der Waals surface area contributed by atoms with Crippen LogP contribution < -0.4 is 10.1 Å². The molecule has 0 saturated heterocycles. The van der Waals surface area contributed by atoms with E-state index >= 15 is 0 Å². The minimum Gasteiger partial charge on any atom is -0.497 e. The highest BCUT2D eigenvalue weighted by molar-refractivity contribution is 9.11. The Kier molecular flexibility index (Phi) is 5.50. The van der Waals surface area contributed by atoms with Crippen LogP contribution in [0.3, 0.4) is 0 Å². The number of hydrogen-bond acceptors (Lipinski definition) is 3. The minimum atomic E-state index is -0.0723. The molecule has 0 aliphatic heterocycles. The van der Waals surface area contributed by atoms with Gasteiger partial charge in [0.2, 0.25) is 0 Å². The summed E-state index contributed by atoms with van der Waals surface area (Å²) in [6, 6.07) is 21.9. The average Bonchev–Trinajstić information content (AvgIpc) is 3.24. The number of amides is 1. The molecule has 1 N–H and O–H groups in total. The highest BCUT2D eigenvalue weighted by Gasteiger charge is 2.18. The second-order valence-corrected chi connectivity index (χ2v) is 8.90. The number of methoxy groups -OCH3 is 1. The number of nitrogens with one attached hydrogen (secondary N) is 1. The largest absolute Gasteiger partial charge is 0.497 e. The number of aromatic nitrogens is 1. The Balaban J connectivity index is 1.62. The molecule has 0 unspecified atom stereocenters. The topological polar surface area (TPSA) is 43.3 Å². The van der Waals surface area contributed by atoms with Gasteiger partial charge in [0.05, 0.1) is 21.1 Å². The number of rotatable bonds is 6. The number of thiophene rings is 1. The highest BCUT2D eigenvalue weighted by atomic mass is 79.9. The van der Waals surface area contributed by atoms with Gasteiger partial charge in [0.25, 0.3) is 5.91 Å². The molecular formula is C22H19BrN2O2S. The summed E-state index contributed by atoms with van der Waals surface area (Å²) in [7, 11) is 1.66. The van der Waals surface area contributed by atoms with Crippen LogP contribution in [-0.4, -0.2) is 17.6 Å². The van der Waals surface area contributed by atoms with Gasteiger partial charge in [-0.05, 0) is 51.3 Å². The zero-order valence-electron chi connectivity index (χ0n) is 15.3. The Hall–Kier alpha value is -2.57. The summed E-state index contributed by atoms with van der Waals surface area (Å²) in [5.41, 5.74) is 3.91. The first-order chi connectivity index (χ1) is 13.6. The van der Waals surface area contributed by atoms with Gasteiger partial charge in [0.15, 0.2) is 0 Å². The smallest absolute Gasteiger partial charge is 0.268 e. The third-order valence-electron chi connectivity index (χ3n) is 4.59. The van der Waals surface area contributed by atoms with Crippen molar-refractivity contribution in [3.05, 3.63) is 87.3 Å². The van der Waals surface area contributed by atoms with Crippen LogP contribution in [0, 0.1) is 0 Å². The molecule has 0 spiro atoms. The molecule has 0 fully saturated rings. The molecule has 2 aromatic heterocycles. The number of hydrogen-bond donors (Lipinski definition) is 1. The Labute approximate surface area is 175 Å². The SMILES string of the molecule is COc1ccc(Cn2c(C(=O)NCc3ccccc3)cc3sc(Br)cc32)cc1. The second-order valence-electron chi connectivity index (χ2n) is 6.43. The molecule has 1 amide bonds. The van der Waals surface area contributed by atoms with Crippen molar-refractivity contribution >= 4 is 43.4 Å². The van der Waals surface area contributed by atoms with E-state index in [1.54, 1.807) is 18.4 Å². The molecule has 2 aromatic carbocycles. The molecule has 2 heterocycles. The fourth-order valence-corrected chi connectivity index (χ4v) is 4.72. The Morgan fingerprint density at radius 1 is 1.07 bits per heavy atom. The first-order valence-electron chi connectivity index (χ1n) is 8.87. The molecule has 0 saturated carbocycles. The van der Waals surface area contributed by atoms with E-state index in [1.165, 1.54) is 0 Å². The zero-order chi connectivity index (χ0) is 19.5. The summed E-state index contributed by atoms with van der Waals surface area (Å²) in [5, 5.41) is 3.04. The van der Waals surface area contributed by atoms with E-state index < -0.39 is 0 Å². The lowest BCUT2D eigenvalue weighted by Gasteiger charge is -2.12. The van der Waals surface area contributed by atoms with Crippen molar-refractivity contribution in [2.45, 2.75) is 13.1 Å². The summed E-state index contributed by atoms with van der Waals surface area (Å²) in [6.07, 6.45) is 0. The molecule has 0 bridgehead atoms. The van der Waals surface area contributed by atoms with Gasteiger partial charge < -0.3 is 14.6 Å². The predicted molar refractivity (Wildman–Crippen MR) is 117 cm³/mol. The van der Waals surface area contributed by atoms with Crippen molar-refractivity contribution in [2.75, 3.05) is 7.11 Å². The standard InChI is InChI=1S/C22H19BrN2O2S/c1-27-17-9-7-16(8-10-17)14-25-18-12-21(23)28-20(18)11-19(25)22(26)24-13-15-5-3-2-4-6-15/h2-12H,13-14H2,1H3,(H,24,26). The van der Waals surface area contributed by atoms with E-state index in [0.29, 0.717) is 18.8 Å². The van der Waals surface area contributed by atoms with E-state index in [9.17, 15) is 4.79 Å². The maximum atomic E-state index is 12.9.